The van der Waals surface area contributed by atoms with Crippen LogP contribution in [0.3, 0.4) is 0 Å². The van der Waals surface area contributed by atoms with Gasteiger partial charge in [0.1, 0.15) is 0 Å². The van der Waals surface area contributed by atoms with Gasteiger partial charge in [0.25, 0.3) is 0 Å². The van der Waals surface area contributed by atoms with Gasteiger partial charge in [-0.25, -0.2) is 13.2 Å². The molecule has 1 aliphatic rings. The van der Waals surface area contributed by atoms with Crippen LogP contribution < -0.4 is 0 Å². The van der Waals surface area contributed by atoms with E-state index in [0.29, 0.717) is 18.4 Å². The highest BCUT2D eigenvalue weighted by atomic mass is 32.2. The maximum absolute atomic E-state index is 12.7. The molecule has 1 saturated heterocycles. The Morgan fingerprint density at radius 3 is 2.67 bits per heavy atom. The molecule has 0 bridgehead atoms. The van der Waals surface area contributed by atoms with Gasteiger partial charge in [0.05, 0.1) is 24.3 Å². The van der Waals surface area contributed by atoms with Gasteiger partial charge < -0.3 is 9.84 Å². The second-order valence-electron chi connectivity index (χ2n) is 5.98. The quantitative estimate of drug-likeness (QED) is 0.803. The van der Waals surface area contributed by atoms with Gasteiger partial charge in [0, 0.05) is 12.6 Å². The lowest BCUT2D eigenvalue weighted by Crippen LogP contribution is -2.47. The Morgan fingerprint density at radius 1 is 1.33 bits per heavy atom. The van der Waals surface area contributed by atoms with Gasteiger partial charge in [-0.1, -0.05) is 12.1 Å². The maximum Gasteiger partial charge on any atom is 0.337 e. The van der Waals surface area contributed by atoms with Crippen LogP contribution >= 0.6 is 0 Å². The third kappa shape index (κ3) is 4.12. The smallest absolute Gasteiger partial charge is 0.337 e. The molecule has 7 nitrogen and oxygen atoms in total. The van der Waals surface area contributed by atoms with Crippen molar-refractivity contribution in [3.05, 3.63) is 35.4 Å². The number of benzene rings is 1. The lowest BCUT2D eigenvalue weighted by atomic mass is 9.96. The molecule has 2 unspecified atom stereocenters. The van der Waals surface area contributed by atoms with E-state index in [9.17, 15) is 18.0 Å². The number of carboxylic acids is 1. The van der Waals surface area contributed by atoms with E-state index in [1.54, 1.807) is 25.1 Å². The highest BCUT2D eigenvalue weighted by Gasteiger charge is 2.36. The van der Waals surface area contributed by atoms with Gasteiger partial charge >= 0.3 is 11.9 Å². The molecule has 0 spiro atoms. The Labute approximate surface area is 141 Å². The number of sulfonamides is 1. The maximum atomic E-state index is 12.7. The third-order valence-electron chi connectivity index (χ3n) is 4.23. The van der Waals surface area contributed by atoms with Crippen LogP contribution in [0.5, 0.6) is 0 Å². The molecule has 132 valence electrons. The molecule has 2 rings (SSSR count). The van der Waals surface area contributed by atoms with Gasteiger partial charge in [-0.15, -0.1) is 0 Å². The normalized spacial score (nSPS) is 22.1. The van der Waals surface area contributed by atoms with Crippen LogP contribution in [0, 0.1) is 5.92 Å². The molecule has 1 aromatic rings. The predicted molar refractivity (Wildman–Crippen MR) is 86.9 cm³/mol. The predicted octanol–water partition coefficient (Wildman–Crippen LogP) is 1.49. The first kappa shape index (κ1) is 18.4. The van der Waals surface area contributed by atoms with E-state index in [1.165, 1.54) is 17.5 Å². The molecule has 8 heteroatoms. The topological polar surface area (TPSA) is 101 Å². The minimum Gasteiger partial charge on any atom is -0.481 e. The van der Waals surface area contributed by atoms with Crippen molar-refractivity contribution in [2.24, 2.45) is 5.92 Å². The molecule has 1 aromatic carbocycles. The number of carbonyl (C=O) groups excluding carboxylic acids is 1. The van der Waals surface area contributed by atoms with Crippen molar-refractivity contribution in [3.63, 3.8) is 0 Å². The number of methoxy groups -OCH3 is 1. The molecule has 24 heavy (non-hydrogen) atoms. The van der Waals surface area contributed by atoms with E-state index in [0.717, 1.165) is 0 Å². The summed E-state index contributed by atoms with van der Waals surface area (Å²) >= 11 is 0. The number of hydrogen-bond acceptors (Lipinski definition) is 5. The number of ether oxygens (including phenoxy) is 1. The summed E-state index contributed by atoms with van der Waals surface area (Å²) in [6, 6.07) is 6.00. The summed E-state index contributed by atoms with van der Waals surface area (Å²) in [4.78, 5) is 22.7. The Bertz CT molecular complexity index is 730. The Morgan fingerprint density at radius 2 is 2.04 bits per heavy atom. The Balaban J connectivity index is 2.21. The first-order chi connectivity index (χ1) is 11.2. The first-order valence-electron chi connectivity index (χ1n) is 7.64. The summed E-state index contributed by atoms with van der Waals surface area (Å²) in [6.45, 7) is 1.76. The minimum absolute atomic E-state index is 0.0183. The van der Waals surface area contributed by atoms with Crippen molar-refractivity contribution in [2.75, 3.05) is 13.7 Å². The van der Waals surface area contributed by atoms with Gasteiger partial charge in [0.15, 0.2) is 0 Å². The van der Waals surface area contributed by atoms with E-state index in [1.807, 2.05) is 0 Å². The molecule has 0 saturated carbocycles. The summed E-state index contributed by atoms with van der Waals surface area (Å²) in [5.41, 5.74) is 0.739. The number of carbonyl (C=O) groups is 2. The molecule has 1 N–H and O–H groups in total. The van der Waals surface area contributed by atoms with Gasteiger partial charge in [-0.3, -0.25) is 4.79 Å². The van der Waals surface area contributed by atoms with Crippen LogP contribution in [0.2, 0.25) is 0 Å². The van der Waals surface area contributed by atoms with Crippen LogP contribution in [0.1, 0.15) is 35.7 Å². The van der Waals surface area contributed by atoms with E-state index < -0.39 is 27.9 Å². The van der Waals surface area contributed by atoms with Crippen molar-refractivity contribution >= 4 is 22.0 Å². The van der Waals surface area contributed by atoms with Crippen LogP contribution in [0.25, 0.3) is 0 Å². The number of esters is 1. The molecule has 0 aliphatic carbocycles. The minimum atomic E-state index is -3.68. The lowest BCUT2D eigenvalue weighted by molar-refractivity contribution is -0.143. The van der Waals surface area contributed by atoms with E-state index >= 15 is 0 Å². The van der Waals surface area contributed by atoms with E-state index in [-0.39, 0.29) is 23.9 Å². The van der Waals surface area contributed by atoms with Crippen molar-refractivity contribution in [3.8, 4) is 0 Å². The number of aliphatic carboxylic acids is 1. The average molecular weight is 355 g/mol. The molecule has 2 atom stereocenters. The third-order valence-corrected chi connectivity index (χ3v) is 6.15. The molecule has 1 heterocycles. The van der Waals surface area contributed by atoms with Crippen LogP contribution in [-0.2, 0) is 25.3 Å². The zero-order valence-corrected chi connectivity index (χ0v) is 14.5. The molecule has 0 amide bonds. The second-order valence-corrected chi connectivity index (χ2v) is 7.90. The summed E-state index contributed by atoms with van der Waals surface area (Å²) in [6.07, 6.45) is 0.985. The largest absolute Gasteiger partial charge is 0.481 e. The van der Waals surface area contributed by atoms with Gasteiger partial charge in [-0.05, 0) is 37.5 Å². The zero-order valence-electron chi connectivity index (χ0n) is 13.6. The molecule has 0 aromatic heterocycles. The summed E-state index contributed by atoms with van der Waals surface area (Å²) in [5.74, 6) is -2.48. The van der Waals surface area contributed by atoms with E-state index in [2.05, 4.69) is 4.74 Å². The number of piperidine rings is 1. The molecule has 1 fully saturated rings. The Hall–Kier alpha value is -1.93. The molecular weight excluding hydrogens is 334 g/mol. The fourth-order valence-electron chi connectivity index (χ4n) is 2.86. The summed E-state index contributed by atoms with van der Waals surface area (Å²) in [5, 5.41) is 9.15. The van der Waals surface area contributed by atoms with Gasteiger partial charge in [-0.2, -0.15) is 4.31 Å². The fourth-order valence-corrected chi connectivity index (χ4v) is 4.69. The highest BCUT2D eigenvalue weighted by molar-refractivity contribution is 7.88. The van der Waals surface area contributed by atoms with Crippen LogP contribution in [-0.4, -0.2) is 49.5 Å². The fraction of sp³-hybridized carbons (Fsp3) is 0.500. The number of rotatable bonds is 5. The first-order valence-corrected chi connectivity index (χ1v) is 9.25. The van der Waals surface area contributed by atoms with Crippen molar-refractivity contribution in [2.45, 2.75) is 31.6 Å². The molecule has 0 radical (unpaired) electrons. The van der Waals surface area contributed by atoms with Crippen molar-refractivity contribution in [1.82, 2.24) is 4.31 Å². The number of hydrogen-bond donors (Lipinski definition) is 1. The monoisotopic (exact) mass is 355 g/mol. The average Bonchev–Trinajstić information content (AvgIpc) is 2.53. The molecule has 1 aliphatic heterocycles. The lowest BCUT2D eigenvalue weighted by Gasteiger charge is -2.35. The summed E-state index contributed by atoms with van der Waals surface area (Å²) in [7, 11) is -2.43. The zero-order chi connectivity index (χ0) is 17.9. The van der Waals surface area contributed by atoms with E-state index in [4.69, 9.17) is 5.11 Å². The number of nitrogens with zero attached hydrogens (tertiary/aromatic N) is 1. The standard InChI is InChI=1S/C16H21NO6S/c1-11-6-7-14(15(18)19)9-17(11)24(21,22)10-12-4-3-5-13(8-12)16(20)23-2/h3-5,8,11,14H,6-7,9-10H2,1-2H3,(H,18,19). The highest BCUT2D eigenvalue weighted by Crippen LogP contribution is 2.26. The SMILES string of the molecule is COC(=O)c1cccc(CS(=O)(=O)N2CC(C(=O)O)CCC2C)c1. The molecular formula is C16H21NO6S. The summed E-state index contributed by atoms with van der Waals surface area (Å²) < 4.78 is 31.3. The Kier molecular flexibility index (Phi) is 5.61. The van der Waals surface area contributed by atoms with Crippen molar-refractivity contribution < 1.29 is 27.9 Å². The second kappa shape index (κ2) is 7.31. The van der Waals surface area contributed by atoms with Crippen LogP contribution in [0.4, 0.5) is 0 Å². The van der Waals surface area contributed by atoms with Gasteiger partial charge in [0.2, 0.25) is 10.0 Å². The number of carboxylic acid groups (broad SMARTS) is 1. The van der Waals surface area contributed by atoms with Crippen LogP contribution in [0.15, 0.2) is 24.3 Å². The van der Waals surface area contributed by atoms with Crippen molar-refractivity contribution in [1.29, 1.82) is 0 Å².